The zero-order chi connectivity index (χ0) is 7.33. The van der Waals surface area contributed by atoms with Crippen LogP contribution in [0.2, 0.25) is 0 Å². The van der Waals surface area contributed by atoms with E-state index in [0.29, 0.717) is 0 Å². The summed E-state index contributed by atoms with van der Waals surface area (Å²) in [5, 5.41) is 11.2. The van der Waals surface area contributed by atoms with Gasteiger partial charge in [0.25, 0.3) is 0 Å². The maximum absolute atomic E-state index is 11.2. The third-order valence-corrected chi connectivity index (χ3v) is 1.81. The Hall–Kier alpha value is 0.170. The molecule has 1 atom stereocenters. The molecule has 0 heterocycles. The molecule has 0 radical (unpaired) electrons. The normalized spacial score (nSPS) is 13.0. The second-order valence-electron chi connectivity index (χ2n) is 2.91. The Morgan fingerprint density at radius 1 is 1.17 bits per heavy atom. The summed E-state index contributed by atoms with van der Waals surface area (Å²) >= 11 is 0. The van der Waals surface area contributed by atoms with E-state index in [-0.39, 0.29) is 24.7 Å². The van der Waals surface area contributed by atoms with Crippen molar-refractivity contribution in [3.63, 3.8) is 0 Å². The fraction of sp³-hybridized carbons (Fsp3) is 1.00. The highest BCUT2D eigenvalue weighted by atomic mass is 35.5. The summed E-state index contributed by atoms with van der Waals surface area (Å²) < 4.78 is 0. The third kappa shape index (κ3) is 12.8. The van der Waals surface area contributed by atoms with Crippen LogP contribution in [0, 0.1) is 0 Å². The highest BCUT2D eigenvalue weighted by Crippen LogP contribution is 2.12. The summed E-state index contributed by atoms with van der Waals surface area (Å²) in [4.78, 5) is 0. The fourth-order valence-corrected chi connectivity index (χ4v) is 0.727. The first-order chi connectivity index (χ1) is 4.12. The standard InChI is InChI=1S/C8H17O.ClH.2H3N/c1-4-6-7-8(3,9)5-2;;;/h4-7H2,1-3H3;1H;2*1H3/q-1;;;/p+1. The second kappa shape index (κ2) is 11.2. The summed E-state index contributed by atoms with van der Waals surface area (Å²) in [5.41, 5.74) is -0.657. The summed E-state index contributed by atoms with van der Waals surface area (Å²) in [6.45, 7) is 5.87. The first-order valence-electron chi connectivity index (χ1n) is 3.83. The first-order valence-corrected chi connectivity index (χ1v) is 3.83. The van der Waals surface area contributed by atoms with Crippen LogP contribution in [0.4, 0.5) is 0 Å². The minimum absolute atomic E-state index is 0. The van der Waals surface area contributed by atoms with Gasteiger partial charge in [0.05, 0.1) is 0 Å². The van der Waals surface area contributed by atoms with Gasteiger partial charge in [0.1, 0.15) is 0 Å². The lowest BCUT2D eigenvalue weighted by atomic mass is 9.97. The Morgan fingerprint density at radius 2 is 1.58 bits per heavy atom. The van der Waals surface area contributed by atoms with Gasteiger partial charge >= 0.3 is 0 Å². The minimum atomic E-state index is -0.657. The molecule has 8 N–H and O–H groups in total. The largest absolute Gasteiger partial charge is 1.00 e. The van der Waals surface area contributed by atoms with Crippen molar-refractivity contribution < 1.29 is 17.5 Å². The summed E-state index contributed by atoms with van der Waals surface area (Å²) in [6.07, 6.45) is 3.80. The van der Waals surface area contributed by atoms with E-state index >= 15 is 0 Å². The Labute approximate surface area is 82.5 Å². The van der Waals surface area contributed by atoms with Gasteiger partial charge in [-0.15, -0.1) is 5.60 Å². The van der Waals surface area contributed by atoms with E-state index in [4.69, 9.17) is 0 Å². The molecule has 0 rings (SSSR count). The minimum Gasteiger partial charge on any atom is -1.00 e. The maximum atomic E-state index is 11.2. The molecule has 12 heavy (non-hydrogen) atoms. The molecule has 0 fully saturated rings. The number of unbranched alkanes of at least 4 members (excludes halogenated alkanes) is 1. The Kier molecular flexibility index (Phi) is 21.2. The van der Waals surface area contributed by atoms with E-state index in [2.05, 4.69) is 6.92 Å². The molecule has 0 aliphatic rings. The van der Waals surface area contributed by atoms with Gasteiger partial charge in [0.15, 0.2) is 0 Å². The van der Waals surface area contributed by atoms with Crippen LogP contribution in [0.15, 0.2) is 0 Å². The van der Waals surface area contributed by atoms with Crippen molar-refractivity contribution in [2.24, 2.45) is 0 Å². The zero-order valence-corrected chi connectivity index (χ0v) is 9.87. The van der Waals surface area contributed by atoms with Crippen molar-refractivity contribution in [1.82, 2.24) is 12.3 Å². The quantitative estimate of drug-likeness (QED) is 0.627. The fourth-order valence-electron chi connectivity index (χ4n) is 0.727. The number of rotatable bonds is 4. The highest BCUT2D eigenvalue weighted by Gasteiger charge is 2.03. The molecule has 0 saturated carbocycles. The molecule has 0 aromatic carbocycles. The average molecular weight is 201 g/mol. The smallest absolute Gasteiger partial charge is 0.0543 e. The molecular formula is C8H25ClN2O. The average Bonchev–Trinajstić information content (AvgIpc) is 1.84. The van der Waals surface area contributed by atoms with E-state index in [1.165, 1.54) is 0 Å². The van der Waals surface area contributed by atoms with Crippen LogP contribution in [-0.2, 0) is 0 Å². The Balaban J connectivity index is -0.000000107. The molecule has 0 amide bonds. The molecule has 80 valence electrons. The zero-order valence-electron chi connectivity index (χ0n) is 9.11. The number of hydrogen-bond donors (Lipinski definition) is 2. The van der Waals surface area contributed by atoms with Crippen LogP contribution in [0.25, 0.3) is 0 Å². The van der Waals surface area contributed by atoms with Crippen molar-refractivity contribution in [1.29, 1.82) is 0 Å². The van der Waals surface area contributed by atoms with Gasteiger partial charge in [-0.3, -0.25) is 0 Å². The van der Waals surface area contributed by atoms with Crippen LogP contribution < -0.4 is 29.8 Å². The van der Waals surface area contributed by atoms with Gasteiger partial charge in [-0.2, -0.15) is 0 Å². The van der Waals surface area contributed by atoms with Crippen LogP contribution in [0.3, 0.4) is 0 Å². The molecule has 0 aromatic heterocycles. The predicted molar refractivity (Wildman–Crippen MR) is 50.2 cm³/mol. The van der Waals surface area contributed by atoms with Gasteiger partial charge in [-0.05, 0) is 0 Å². The monoisotopic (exact) mass is 200 g/mol. The number of hydrogen-bond acceptors (Lipinski definition) is 1. The molecule has 0 aromatic rings. The van der Waals surface area contributed by atoms with Gasteiger partial charge < -0.3 is 29.8 Å². The highest BCUT2D eigenvalue weighted by molar-refractivity contribution is 4.66. The van der Waals surface area contributed by atoms with Crippen LogP contribution in [0.5, 0.6) is 0 Å². The molecule has 0 bridgehead atoms. The SMILES string of the molecule is CCCCC(C)([O-])CC.[Cl-].[NH4+].[NH4+]. The lowest BCUT2D eigenvalue weighted by Crippen LogP contribution is -3.00. The van der Waals surface area contributed by atoms with Crippen LogP contribution >= 0.6 is 0 Å². The van der Waals surface area contributed by atoms with Crippen molar-refractivity contribution in [3.8, 4) is 0 Å². The van der Waals surface area contributed by atoms with Gasteiger partial charge in [-0.1, -0.05) is 46.5 Å². The van der Waals surface area contributed by atoms with Crippen LogP contribution in [-0.4, -0.2) is 5.60 Å². The van der Waals surface area contributed by atoms with Crippen molar-refractivity contribution >= 4 is 0 Å². The molecular weight excluding hydrogens is 176 g/mol. The molecule has 3 nitrogen and oxygen atoms in total. The van der Waals surface area contributed by atoms with Crippen molar-refractivity contribution in [3.05, 3.63) is 0 Å². The Morgan fingerprint density at radius 3 is 1.83 bits per heavy atom. The van der Waals surface area contributed by atoms with Crippen LogP contribution in [0.1, 0.15) is 46.5 Å². The maximum Gasteiger partial charge on any atom is -0.0543 e. The summed E-state index contributed by atoms with van der Waals surface area (Å²) in [7, 11) is 0. The molecule has 4 heteroatoms. The summed E-state index contributed by atoms with van der Waals surface area (Å²) in [6, 6.07) is 0. The molecule has 0 aliphatic carbocycles. The van der Waals surface area contributed by atoms with E-state index in [0.717, 1.165) is 25.7 Å². The van der Waals surface area contributed by atoms with E-state index in [1.54, 1.807) is 6.92 Å². The van der Waals surface area contributed by atoms with E-state index in [9.17, 15) is 5.11 Å². The van der Waals surface area contributed by atoms with Gasteiger partial charge in [-0.25, -0.2) is 0 Å². The summed E-state index contributed by atoms with van der Waals surface area (Å²) in [5.74, 6) is 0. The number of halogens is 1. The molecule has 1 unspecified atom stereocenters. The Bertz CT molecular complexity index is 79.5. The van der Waals surface area contributed by atoms with E-state index in [1.807, 2.05) is 6.92 Å². The van der Waals surface area contributed by atoms with Gasteiger partial charge in [0, 0.05) is 0 Å². The number of quaternary nitrogens is 2. The predicted octanol–water partition coefficient (Wildman–Crippen LogP) is -0.538. The second-order valence-corrected chi connectivity index (χ2v) is 2.91. The molecule has 0 aliphatic heterocycles. The van der Waals surface area contributed by atoms with E-state index < -0.39 is 5.60 Å². The molecule has 0 spiro atoms. The lowest BCUT2D eigenvalue weighted by molar-refractivity contribution is -0.474. The lowest BCUT2D eigenvalue weighted by Gasteiger charge is -2.35. The topological polar surface area (TPSA) is 96.1 Å². The van der Waals surface area contributed by atoms with Gasteiger partial charge in [0.2, 0.25) is 0 Å². The molecule has 0 saturated heterocycles. The van der Waals surface area contributed by atoms with Crippen molar-refractivity contribution in [2.75, 3.05) is 0 Å². The van der Waals surface area contributed by atoms with Crippen molar-refractivity contribution in [2.45, 2.75) is 52.1 Å². The first kappa shape index (κ1) is 22.7. The third-order valence-electron chi connectivity index (χ3n) is 1.81.